The van der Waals surface area contributed by atoms with E-state index < -0.39 is 29.9 Å². The number of hydrogen-bond acceptors (Lipinski definition) is 5. The summed E-state index contributed by atoms with van der Waals surface area (Å²) >= 11 is 0. The van der Waals surface area contributed by atoms with Crippen LogP contribution >= 0.6 is 0 Å². The smallest absolute Gasteiger partial charge is 0.326 e. The molecule has 3 aromatic rings. The Kier molecular flexibility index (Phi) is 6.20. The molecule has 0 aliphatic carbocycles. The third-order valence-electron chi connectivity index (χ3n) is 6.35. The SMILES string of the molecule is O=C(CN1C(=O)NC(c2ccccc2)(c2ccccc2)C1=O)Nc1ccc(N2CCOCC2)cc1. The van der Waals surface area contributed by atoms with Gasteiger partial charge >= 0.3 is 6.03 Å². The van der Waals surface area contributed by atoms with E-state index in [-0.39, 0.29) is 0 Å². The van der Waals surface area contributed by atoms with Crippen LogP contribution in [-0.2, 0) is 19.9 Å². The molecule has 0 radical (unpaired) electrons. The number of benzene rings is 3. The Hall–Kier alpha value is -4.17. The van der Waals surface area contributed by atoms with Crippen molar-refractivity contribution in [3.8, 4) is 0 Å². The number of carbonyl (C=O) groups excluding carboxylic acids is 3. The van der Waals surface area contributed by atoms with Crippen molar-refractivity contribution < 1.29 is 19.1 Å². The number of carbonyl (C=O) groups is 3. The Balaban J connectivity index is 1.33. The number of hydrogen-bond donors (Lipinski definition) is 2. The topological polar surface area (TPSA) is 91.0 Å². The highest BCUT2D eigenvalue weighted by atomic mass is 16.5. The molecular weight excluding hydrogens is 444 g/mol. The number of nitrogens with one attached hydrogen (secondary N) is 2. The summed E-state index contributed by atoms with van der Waals surface area (Å²) in [5.41, 5.74) is 1.52. The van der Waals surface area contributed by atoms with Gasteiger partial charge in [0.15, 0.2) is 5.54 Å². The molecule has 0 spiro atoms. The number of imide groups is 1. The normalized spacial score (nSPS) is 17.3. The lowest BCUT2D eigenvalue weighted by Crippen LogP contribution is -2.45. The van der Waals surface area contributed by atoms with Gasteiger partial charge in [-0.25, -0.2) is 4.79 Å². The number of ether oxygens (including phenoxy) is 1. The molecule has 2 heterocycles. The minimum Gasteiger partial charge on any atom is -0.378 e. The first kappa shape index (κ1) is 22.6. The van der Waals surface area contributed by atoms with Crippen molar-refractivity contribution in [2.24, 2.45) is 0 Å². The van der Waals surface area contributed by atoms with Gasteiger partial charge in [-0.3, -0.25) is 14.5 Å². The summed E-state index contributed by atoms with van der Waals surface area (Å²) in [6, 6.07) is 25.0. The van der Waals surface area contributed by atoms with E-state index in [0.717, 1.165) is 23.7 Å². The second kappa shape index (κ2) is 9.60. The van der Waals surface area contributed by atoms with Gasteiger partial charge in [-0.05, 0) is 35.4 Å². The zero-order valence-corrected chi connectivity index (χ0v) is 19.1. The lowest BCUT2D eigenvalue weighted by atomic mass is 9.82. The number of anilines is 2. The molecule has 4 amide bonds. The van der Waals surface area contributed by atoms with Crippen LogP contribution in [0.2, 0.25) is 0 Å². The first-order valence-corrected chi connectivity index (χ1v) is 11.6. The number of urea groups is 1. The second-order valence-corrected chi connectivity index (χ2v) is 8.50. The maximum atomic E-state index is 13.7. The van der Waals surface area contributed by atoms with E-state index >= 15 is 0 Å². The Morgan fingerprint density at radius 2 is 1.43 bits per heavy atom. The fourth-order valence-corrected chi connectivity index (χ4v) is 4.58. The minimum atomic E-state index is -1.39. The number of morpholine rings is 1. The highest BCUT2D eigenvalue weighted by Crippen LogP contribution is 2.35. The third-order valence-corrected chi connectivity index (χ3v) is 6.35. The number of rotatable bonds is 6. The average molecular weight is 471 g/mol. The molecule has 8 heteroatoms. The van der Waals surface area contributed by atoms with Gasteiger partial charge < -0.3 is 20.3 Å². The molecule has 0 saturated carbocycles. The predicted octanol–water partition coefficient (Wildman–Crippen LogP) is 2.96. The fraction of sp³-hybridized carbons (Fsp3) is 0.222. The average Bonchev–Trinajstić information content (AvgIpc) is 3.16. The molecular formula is C27H26N4O4. The molecule has 8 nitrogen and oxygen atoms in total. The van der Waals surface area contributed by atoms with Crippen LogP contribution in [0.3, 0.4) is 0 Å². The summed E-state index contributed by atoms with van der Waals surface area (Å²) in [5, 5.41) is 5.65. The molecule has 0 bridgehead atoms. The molecule has 2 N–H and O–H groups in total. The summed E-state index contributed by atoms with van der Waals surface area (Å²) < 4.78 is 5.39. The quantitative estimate of drug-likeness (QED) is 0.541. The van der Waals surface area contributed by atoms with Crippen LogP contribution < -0.4 is 15.5 Å². The molecule has 178 valence electrons. The van der Waals surface area contributed by atoms with Gasteiger partial charge in [-0.15, -0.1) is 0 Å². The van der Waals surface area contributed by atoms with Gasteiger partial charge in [0.1, 0.15) is 6.54 Å². The van der Waals surface area contributed by atoms with E-state index in [4.69, 9.17) is 4.74 Å². The van der Waals surface area contributed by atoms with Crippen molar-refractivity contribution in [2.45, 2.75) is 5.54 Å². The molecule has 2 fully saturated rings. The van der Waals surface area contributed by atoms with Crippen molar-refractivity contribution in [3.63, 3.8) is 0 Å². The maximum absolute atomic E-state index is 13.7. The summed E-state index contributed by atoms with van der Waals surface area (Å²) in [5.74, 6) is -0.942. The molecule has 35 heavy (non-hydrogen) atoms. The molecule has 3 aromatic carbocycles. The van der Waals surface area contributed by atoms with Crippen molar-refractivity contribution in [2.75, 3.05) is 43.1 Å². The monoisotopic (exact) mass is 470 g/mol. The third kappa shape index (κ3) is 4.36. The molecule has 2 saturated heterocycles. The van der Waals surface area contributed by atoms with Gasteiger partial charge in [0.2, 0.25) is 5.91 Å². The van der Waals surface area contributed by atoms with E-state index in [9.17, 15) is 14.4 Å². The summed E-state index contributed by atoms with van der Waals surface area (Å²) in [7, 11) is 0. The number of nitrogens with zero attached hydrogens (tertiary/aromatic N) is 2. The van der Waals surface area contributed by atoms with Crippen LogP contribution in [-0.4, -0.2) is 55.6 Å². The highest BCUT2D eigenvalue weighted by molar-refractivity contribution is 6.12. The molecule has 2 aliphatic heterocycles. The summed E-state index contributed by atoms with van der Waals surface area (Å²) in [4.78, 5) is 42.7. The fourth-order valence-electron chi connectivity index (χ4n) is 4.58. The standard InChI is InChI=1S/C27H26N4O4/c32-24(28-22-11-13-23(14-12-22)30-15-17-35-18-16-30)19-31-25(33)27(29-26(31)34,20-7-3-1-4-8-20)21-9-5-2-6-10-21/h1-14H,15-19H2,(H,28,32)(H,29,34). The van der Waals surface area contributed by atoms with Gasteiger partial charge in [0, 0.05) is 24.5 Å². The number of amides is 4. The Morgan fingerprint density at radius 1 is 0.857 bits per heavy atom. The van der Waals surface area contributed by atoms with Crippen molar-refractivity contribution in [3.05, 3.63) is 96.1 Å². The zero-order valence-electron chi connectivity index (χ0n) is 19.1. The van der Waals surface area contributed by atoms with E-state index in [1.54, 1.807) is 24.3 Å². The maximum Gasteiger partial charge on any atom is 0.326 e. The van der Waals surface area contributed by atoms with Crippen LogP contribution in [0.1, 0.15) is 11.1 Å². The molecule has 2 aliphatic rings. The van der Waals surface area contributed by atoms with Crippen molar-refractivity contribution in [1.29, 1.82) is 0 Å². The van der Waals surface area contributed by atoms with Gasteiger partial charge in [0.25, 0.3) is 5.91 Å². The molecule has 0 atom stereocenters. The Bertz CT molecular complexity index is 1170. The van der Waals surface area contributed by atoms with Crippen LogP contribution in [0.15, 0.2) is 84.9 Å². The van der Waals surface area contributed by atoms with Gasteiger partial charge in [-0.2, -0.15) is 0 Å². The molecule has 0 unspecified atom stereocenters. The largest absolute Gasteiger partial charge is 0.378 e. The van der Waals surface area contributed by atoms with Crippen LogP contribution in [0.25, 0.3) is 0 Å². The van der Waals surface area contributed by atoms with Gasteiger partial charge in [0.05, 0.1) is 13.2 Å². The lowest BCUT2D eigenvalue weighted by molar-refractivity contribution is -0.133. The molecule has 5 rings (SSSR count). The van der Waals surface area contributed by atoms with E-state index in [1.165, 1.54) is 0 Å². The zero-order chi connectivity index (χ0) is 24.3. The summed E-state index contributed by atoms with van der Waals surface area (Å²) in [6.07, 6.45) is 0. The summed E-state index contributed by atoms with van der Waals surface area (Å²) in [6.45, 7) is 2.64. The van der Waals surface area contributed by atoms with E-state index in [0.29, 0.717) is 30.0 Å². The Labute approximate surface area is 203 Å². The second-order valence-electron chi connectivity index (χ2n) is 8.50. The van der Waals surface area contributed by atoms with E-state index in [1.807, 2.05) is 60.7 Å². The molecule has 0 aromatic heterocycles. The lowest BCUT2D eigenvalue weighted by Gasteiger charge is -2.29. The van der Waals surface area contributed by atoms with Crippen LogP contribution in [0.4, 0.5) is 16.2 Å². The van der Waals surface area contributed by atoms with Gasteiger partial charge in [-0.1, -0.05) is 60.7 Å². The van der Waals surface area contributed by atoms with Crippen LogP contribution in [0, 0.1) is 0 Å². The van der Waals surface area contributed by atoms with Crippen molar-refractivity contribution >= 4 is 29.2 Å². The van der Waals surface area contributed by atoms with Crippen LogP contribution in [0.5, 0.6) is 0 Å². The first-order chi connectivity index (χ1) is 17.1. The minimum absolute atomic E-state index is 0.392. The first-order valence-electron chi connectivity index (χ1n) is 11.6. The van der Waals surface area contributed by atoms with E-state index in [2.05, 4.69) is 15.5 Å². The Morgan fingerprint density at radius 3 is 2.00 bits per heavy atom. The van der Waals surface area contributed by atoms with Crippen molar-refractivity contribution in [1.82, 2.24) is 10.2 Å². The predicted molar refractivity (Wildman–Crippen MR) is 132 cm³/mol. The highest BCUT2D eigenvalue weighted by Gasteiger charge is 2.54.